The van der Waals surface area contributed by atoms with Gasteiger partial charge in [0.05, 0.1) is 6.10 Å². The first kappa shape index (κ1) is 22.0. The number of benzene rings is 1. The van der Waals surface area contributed by atoms with Crippen molar-refractivity contribution in [2.24, 2.45) is 5.92 Å². The molecule has 2 aliphatic rings. The van der Waals surface area contributed by atoms with E-state index in [1.54, 1.807) is 6.07 Å². The first-order valence-corrected chi connectivity index (χ1v) is 11.4. The second-order valence-electron chi connectivity index (χ2n) is 9.03. The highest BCUT2D eigenvalue weighted by Crippen LogP contribution is 2.24. The zero-order chi connectivity index (χ0) is 21.8. The van der Waals surface area contributed by atoms with Crippen LogP contribution in [0.25, 0.3) is 0 Å². The Hall–Kier alpha value is -2.18. The number of hydrogen-bond donors (Lipinski definition) is 0. The van der Waals surface area contributed by atoms with Crippen LogP contribution in [0.5, 0.6) is 0 Å². The van der Waals surface area contributed by atoms with E-state index >= 15 is 0 Å². The summed E-state index contributed by atoms with van der Waals surface area (Å²) in [4.78, 5) is 17.6. The van der Waals surface area contributed by atoms with Crippen molar-refractivity contribution in [1.82, 2.24) is 9.80 Å². The molecular weight excluding hydrogens is 395 g/mol. The number of hydrogen-bond acceptors (Lipinski definition) is 4. The van der Waals surface area contributed by atoms with Gasteiger partial charge in [-0.1, -0.05) is 18.2 Å². The molecule has 0 N–H and O–H groups in total. The summed E-state index contributed by atoms with van der Waals surface area (Å²) in [6.07, 6.45) is 4.17. The topological polar surface area (TPSA) is 45.9 Å². The summed E-state index contributed by atoms with van der Waals surface area (Å²) in [5.74, 6) is 1.47. The number of ether oxygens (including phenoxy) is 1. The summed E-state index contributed by atoms with van der Waals surface area (Å²) in [6.45, 7) is 8.39. The molecule has 168 valence electrons. The molecule has 31 heavy (non-hydrogen) atoms. The van der Waals surface area contributed by atoms with Gasteiger partial charge in [-0.15, -0.1) is 0 Å². The van der Waals surface area contributed by atoms with Gasteiger partial charge in [-0.3, -0.25) is 9.69 Å². The van der Waals surface area contributed by atoms with E-state index in [0.717, 1.165) is 62.3 Å². The first-order valence-electron chi connectivity index (χ1n) is 11.4. The fourth-order valence-electron chi connectivity index (χ4n) is 4.78. The predicted octanol–water partition coefficient (Wildman–Crippen LogP) is 4.57. The van der Waals surface area contributed by atoms with E-state index in [-0.39, 0.29) is 17.8 Å². The van der Waals surface area contributed by atoms with Gasteiger partial charge in [0, 0.05) is 37.4 Å². The van der Waals surface area contributed by atoms with Crippen LogP contribution in [0.2, 0.25) is 0 Å². The van der Waals surface area contributed by atoms with Gasteiger partial charge in [-0.05, 0) is 70.7 Å². The molecule has 2 fully saturated rings. The molecule has 5 nitrogen and oxygen atoms in total. The van der Waals surface area contributed by atoms with Crippen LogP contribution >= 0.6 is 0 Å². The van der Waals surface area contributed by atoms with Crippen LogP contribution in [0, 0.1) is 25.6 Å². The van der Waals surface area contributed by atoms with Crippen LogP contribution in [-0.2, 0) is 11.3 Å². The molecule has 0 aliphatic carbocycles. The Kier molecular flexibility index (Phi) is 7.08. The molecule has 1 aromatic carbocycles. The fraction of sp³-hybridized carbons (Fsp3) is 0.560. The van der Waals surface area contributed by atoms with E-state index < -0.39 is 0 Å². The third kappa shape index (κ3) is 5.55. The Morgan fingerprint density at radius 1 is 1.16 bits per heavy atom. The lowest BCUT2D eigenvalue weighted by atomic mass is 9.95. The number of carbonyl (C=O) groups is 1. The maximum atomic E-state index is 14.0. The number of carbonyl (C=O) groups excluding carboxylic acids is 1. The summed E-state index contributed by atoms with van der Waals surface area (Å²) >= 11 is 0. The normalized spacial score (nSPS) is 20.3. The van der Waals surface area contributed by atoms with E-state index in [1.165, 1.54) is 6.07 Å². The van der Waals surface area contributed by atoms with Gasteiger partial charge < -0.3 is 14.1 Å². The van der Waals surface area contributed by atoms with Gasteiger partial charge in [0.15, 0.2) is 5.76 Å². The molecule has 4 rings (SSSR count). The standard InChI is InChI=1S/C25H33FN2O3/c1-18-14-19(2)31-24(18)25(29)28(17-22-7-5-13-30-22)15-20-9-11-27(12-10-20)16-21-6-3-4-8-23(21)26/h3-4,6,8,14,20,22H,5,7,9-13,15-17H2,1-2H3/t22-/m0/s1. The van der Waals surface area contributed by atoms with E-state index in [2.05, 4.69) is 4.90 Å². The maximum Gasteiger partial charge on any atom is 0.289 e. The molecule has 0 bridgehead atoms. The van der Waals surface area contributed by atoms with Crippen molar-refractivity contribution >= 4 is 5.91 Å². The summed E-state index contributed by atoms with van der Waals surface area (Å²) in [5, 5.41) is 0. The maximum absolute atomic E-state index is 14.0. The summed E-state index contributed by atoms with van der Waals surface area (Å²) < 4.78 is 25.5. The van der Waals surface area contributed by atoms with E-state index in [9.17, 15) is 9.18 Å². The number of amides is 1. The molecule has 0 spiro atoms. The Balaban J connectivity index is 1.37. The van der Waals surface area contributed by atoms with Crippen molar-refractivity contribution in [1.29, 1.82) is 0 Å². The van der Waals surface area contributed by atoms with E-state index in [4.69, 9.17) is 9.15 Å². The van der Waals surface area contributed by atoms with Crippen molar-refractivity contribution in [3.05, 3.63) is 58.8 Å². The zero-order valence-electron chi connectivity index (χ0n) is 18.6. The summed E-state index contributed by atoms with van der Waals surface area (Å²) in [7, 11) is 0. The van der Waals surface area contributed by atoms with Gasteiger partial charge >= 0.3 is 0 Å². The summed E-state index contributed by atoms with van der Waals surface area (Å²) in [5.41, 5.74) is 1.64. The molecule has 0 saturated carbocycles. The second-order valence-corrected chi connectivity index (χ2v) is 9.03. The van der Waals surface area contributed by atoms with Gasteiger partial charge in [0.25, 0.3) is 5.91 Å². The van der Waals surface area contributed by atoms with Gasteiger partial charge in [-0.25, -0.2) is 4.39 Å². The van der Waals surface area contributed by atoms with Crippen molar-refractivity contribution in [3.8, 4) is 0 Å². The molecule has 1 atom stereocenters. The van der Waals surface area contributed by atoms with Crippen LogP contribution in [0.15, 0.2) is 34.7 Å². The molecule has 1 aromatic heterocycles. The average Bonchev–Trinajstić information content (AvgIpc) is 3.39. The highest BCUT2D eigenvalue weighted by Gasteiger charge is 2.30. The minimum absolute atomic E-state index is 0.0325. The Morgan fingerprint density at radius 2 is 1.94 bits per heavy atom. The Morgan fingerprint density at radius 3 is 2.58 bits per heavy atom. The van der Waals surface area contributed by atoms with Gasteiger partial charge in [-0.2, -0.15) is 0 Å². The molecule has 0 unspecified atom stereocenters. The molecular formula is C25H33FN2O3. The monoisotopic (exact) mass is 428 g/mol. The molecule has 2 saturated heterocycles. The minimum atomic E-state index is -0.137. The minimum Gasteiger partial charge on any atom is -0.456 e. The van der Waals surface area contributed by atoms with Crippen LogP contribution in [0.4, 0.5) is 4.39 Å². The average molecular weight is 429 g/mol. The van der Waals surface area contributed by atoms with Crippen molar-refractivity contribution < 1.29 is 18.3 Å². The second kappa shape index (κ2) is 9.96. The van der Waals surface area contributed by atoms with E-state index in [1.807, 2.05) is 36.9 Å². The SMILES string of the molecule is Cc1cc(C)c(C(=O)N(CC2CCN(Cc3ccccc3F)CC2)C[C@@H]2CCCO2)o1. The lowest BCUT2D eigenvalue weighted by Crippen LogP contribution is -2.43. The molecule has 0 radical (unpaired) electrons. The molecule has 6 heteroatoms. The number of piperidine rings is 1. The zero-order valence-corrected chi connectivity index (χ0v) is 18.6. The van der Waals surface area contributed by atoms with E-state index in [0.29, 0.717) is 31.3 Å². The van der Waals surface area contributed by atoms with Crippen LogP contribution < -0.4 is 0 Å². The smallest absolute Gasteiger partial charge is 0.289 e. The van der Waals surface area contributed by atoms with Gasteiger partial charge in [0.1, 0.15) is 11.6 Å². The summed E-state index contributed by atoms with van der Waals surface area (Å²) in [6, 6.07) is 8.91. The number of likely N-dealkylation sites (tertiary alicyclic amines) is 1. The highest BCUT2D eigenvalue weighted by molar-refractivity contribution is 5.93. The van der Waals surface area contributed by atoms with Crippen molar-refractivity contribution in [2.45, 2.75) is 52.2 Å². The quantitative estimate of drug-likeness (QED) is 0.648. The lowest BCUT2D eigenvalue weighted by molar-refractivity contribution is 0.0421. The largest absolute Gasteiger partial charge is 0.456 e. The first-order chi connectivity index (χ1) is 15.0. The molecule has 2 aromatic rings. The Bertz CT molecular complexity index is 883. The molecule has 1 amide bonds. The third-order valence-electron chi connectivity index (χ3n) is 6.51. The van der Waals surface area contributed by atoms with Gasteiger partial charge in [0.2, 0.25) is 0 Å². The fourth-order valence-corrected chi connectivity index (χ4v) is 4.78. The number of aryl methyl sites for hydroxylation is 2. The van der Waals surface area contributed by atoms with Crippen LogP contribution in [0.1, 0.15) is 53.1 Å². The molecule has 3 heterocycles. The van der Waals surface area contributed by atoms with Crippen molar-refractivity contribution in [3.63, 3.8) is 0 Å². The Labute approximate surface area is 184 Å². The van der Waals surface area contributed by atoms with Crippen LogP contribution in [-0.4, -0.2) is 54.6 Å². The van der Waals surface area contributed by atoms with Crippen LogP contribution in [0.3, 0.4) is 0 Å². The van der Waals surface area contributed by atoms with Crippen molar-refractivity contribution in [2.75, 3.05) is 32.8 Å². The number of halogens is 1. The predicted molar refractivity (Wildman–Crippen MR) is 117 cm³/mol. The highest BCUT2D eigenvalue weighted by atomic mass is 19.1. The lowest BCUT2D eigenvalue weighted by Gasteiger charge is -2.35. The number of furan rings is 1. The molecule has 2 aliphatic heterocycles. The number of nitrogens with zero attached hydrogens (tertiary/aromatic N) is 2. The third-order valence-corrected chi connectivity index (χ3v) is 6.51. The number of rotatable bonds is 7.